The molecule has 0 saturated carbocycles. The first-order chi connectivity index (χ1) is 11.4. The third-order valence-electron chi connectivity index (χ3n) is 2.88. The van der Waals surface area contributed by atoms with Gasteiger partial charge in [0.25, 0.3) is 0 Å². The number of halogens is 3. The van der Waals surface area contributed by atoms with E-state index in [1.54, 1.807) is 42.5 Å². The number of para-hydroxylation sites is 1. The molecule has 2 aromatic rings. The second-order valence-electron chi connectivity index (χ2n) is 4.55. The Balaban J connectivity index is 2.35. The fraction of sp³-hybridized carbons (Fsp3) is 0.0588. The Bertz CT molecular complexity index is 815. The Kier molecular flexibility index (Phi) is 5.08. The highest BCUT2D eigenvalue weighted by Gasteiger charge is 2.35. The molecular formula is C17H10F3N3O. The van der Waals surface area contributed by atoms with Crippen LogP contribution in [0.2, 0.25) is 0 Å². The summed E-state index contributed by atoms with van der Waals surface area (Å²) in [6.45, 7) is 0. The van der Waals surface area contributed by atoms with Gasteiger partial charge >= 0.3 is 6.18 Å². The van der Waals surface area contributed by atoms with Crippen molar-refractivity contribution in [3.05, 3.63) is 65.9 Å². The molecule has 0 aliphatic carbocycles. The first-order valence-corrected chi connectivity index (χ1v) is 6.65. The third-order valence-corrected chi connectivity index (χ3v) is 2.88. The lowest BCUT2D eigenvalue weighted by molar-refractivity contribution is -0.138. The summed E-state index contributed by atoms with van der Waals surface area (Å²) in [5.74, 6) is -0.0659. The van der Waals surface area contributed by atoms with Gasteiger partial charge in [-0.3, -0.25) is 0 Å². The molecule has 0 aliphatic heterocycles. The van der Waals surface area contributed by atoms with E-state index in [0.29, 0.717) is 0 Å². The van der Waals surface area contributed by atoms with E-state index >= 15 is 0 Å². The molecule has 7 heteroatoms. The average molecular weight is 329 g/mol. The monoisotopic (exact) mass is 329 g/mol. The molecule has 0 unspecified atom stereocenters. The van der Waals surface area contributed by atoms with Gasteiger partial charge in [-0.05, 0) is 30.3 Å². The number of rotatable bonds is 4. The number of allylic oxidation sites excluding steroid dienone is 1. The van der Waals surface area contributed by atoms with Crippen LogP contribution in [0.5, 0.6) is 11.5 Å². The van der Waals surface area contributed by atoms with Crippen LogP contribution >= 0.6 is 0 Å². The van der Waals surface area contributed by atoms with Gasteiger partial charge in [-0.15, -0.1) is 0 Å². The molecular weight excluding hydrogens is 319 g/mol. The predicted molar refractivity (Wildman–Crippen MR) is 80.9 cm³/mol. The molecule has 4 nitrogen and oxygen atoms in total. The molecule has 24 heavy (non-hydrogen) atoms. The molecule has 0 atom stereocenters. The summed E-state index contributed by atoms with van der Waals surface area (Å²) in [7, 11) is 0. The molecule has 0 bridgehead atoms. The van der Waals surface area contributed by atoms with Crippen molar-refractivity contribution in [1.82, 2.24) is 0 Å². The van der Waals surface area contributed by atoms with Crippen molar-refractivity contribution in [2.45, 2.75) is 6.18 Å². The van der Waals surface area contributed by atoms with E-state index in [2.05, 4.69) is 5.32 Å². The lowest BCUT2D eigenvalue weighted by Gasteiger charge is -2.15. The van der Waals surface area contributed by atoms with Crippen LogP contribution in [0.3, 0.4) is 0 Å². The number of nitrogens with one attached hydrogen (secondary N) is 1. The molecule has 0 heterocycles. The summed E-state index contributed by atoms with van der Waals surface area (Å²) >= 11 is 0. The molecule has 2 aromatic carbocycles. The summed E-state index contributed by atoms with van der Waals surface area (Å²) in [5.41, 5.74) is -1.15. The van der Waals surface area contributed by atoms with Gasteiger partial charge in [0.1, 0.15) is 34.8 Å². The van der Waals surface area contributed by atoms with Crippen LogP contribution in [0.25, 0.3) is 0 Å². The molecule has 1 N–H and O–H groups in total. The fourth-order valence-electron chi connectivity index (χ4n) is 1.79. The maximum Gasteiger partial charge on any atom is 0.420 e. The number of nitriles is 2. The SMILES string of the molecule is N#CC(C#N)=CNc1ccc(Oc2ccccc2)c(C(F)(F)F)c1. The quantitative estimate of drug-likeness (QED) is 0.815. The van der Waals surface area contributed by atoms with Crippen LogP contribution < -0.4 is 10.1 Å². The summed E-state index contributed by atoms with van der Waals surface area (Å²) in [4.78, 5) is 0. The first kappa shape index (κ1) is 16.9. The number of anilines is 1. The van der Waals surface area contributed by atoms with Crippen LogP contribution in [0.4, 0.5) is 18.9 Å². The van der Waals surface area contributed by atoms with Gasteiger partial charge in [0.15, 0.2) is 0 Å². The highest BCUT2D eigenvalue weighted by molar-refractivity contribution is 5.56. The van der Waals surface area contributed by atoms with Crippen LogP contribution in [0.1, 0.15) is 5.56 Å². The zero-order valence-corrected chi connectivity index (χ0v) is 12.1. The zero-order chi connectivity index (χ0) is 17.6. The Labute approximate surface area is 136 Å². The zero-order valence-electron chi connectivity index (χ0n) is 12.1. The lowest BCUT2D eigenvalue weighted by Crippen LogP contribution is -2.08. The van der Waals surface area contributed by atoms with E-state index in [0.717, 1.165) is 12.3 Å². The minimum absolute atomic E-state index is 0.0748. The average Bonchev–Trinajstić information content (AvgIpc) is 2.57. The number of benzene rings is 2. The summed E-state index contributed by atoms with van der Waals surface area (Å²) in [6, 6.07) is 14.7. The van der Waals surface area contributed by atoms with Gasteiger partial charge in [-0.2, -0.15) is 23.7 Å². The summed E-state index contributed by atoms with van der Waals surface area (Å²) < 4.78 is 45.0. The second kappa shape index (κ2) is 7.21. The van der Waals surface area contributed by atoms with Crippen LogP contribution in [0.15, 0.2) is 60.3 Å². The van der Waals surface area contributed by atoms with E-state index in [1.807, 2.05) is 0 Å². The number of ether oxygens (including phenoxy) is 1. The second-order valence-corrected chi connectivity index (χ2v) is 4.55. The maximum absolute atomic E-state index is 13.2. The largest absolute Gasteiger partial charge is 0.457 e. The van der Waals surface area contributed by atoms with Crippen molar-refractivity contribution in [1.29, 1.82) is 10.5 Å². The standard InChI is InChI=1S/C17H10F3N3O/c18-17(19,20)15-8-13(23-11-12(9-21)10-22)6-7-16(15)24-14-4-2-1-3-5-14/h1-8,11,23H. The van der Waals surface area contributed by atoms with Crippen molar-refractivity contribution in [3.63, 3.8) is 0 Å². The van der Waals surface area contributed by atoms with E-state index in [4.69, 9.17) is 15.3 Å². The molecule has 0 spiro atoms. The minimum atomic E-state index is -4.63. The number of hydrogen-bond donors (Lipinski definition) is 1. The van der Waals surface area contributed by atoms with Crippen molar-refractivity contribution < 1.29 is 17.9 Å². The fourth-order valence-corrected chi connectivity index (χ4v) is 1.79. The Morgan fingerprint density at radius 1 is 1.04 bits per heavy atom. The molecule has 120 valence electrons. The first-order valence-electron chi connectivity index (χ1n) is 6.65. The highest BCUT2D eigenvalue weighted by Crippen LogP contribution is 2.39. The Morgan fingerprint density at radius 2 is 1.71 bits per heavy atom. The predicted octanol–water partition coefficient (Wildman–Crippen LogP) is 4.84. The number of hydrogen-bond acceptors (Lipinski definition) is 4. The summed E-state index contributed by atoms with van der Waals surface area (Å²) in [6.07, 6.45) is -3.59. The smallest absolute Gasteiger partial charge is 0.420 e. The Morgan fingerprint density at radius 3 is 2.29 bits per heavy atom. The van der Waals surface area contributed by atoms with Crippen molar-refractivity contribution in [2.24, 2.45) is 0 Å². The highest BCUT2D eigenvalue weighted by atomic mass is 19.4. The van der Waals surface area contributed by atoms with Crippen LogP contribution in [0, 0.1) is 22.7 Å². The molecule has 2 rings (SSSR count). The third kappa shape index (κ3) is 4.28. The lowest BCUT2D eigenvalue weighted by atomic mass is 10.1. The molecule has 0 saturated heterocycles. The van der Waals surface area contributed by atoms with Crippen molar-refractivity contribution >= 4 is 5.69 Å². The van der Waals surface area contributed by atoms with Gasteiger partial charge in [0, 0.05) is 11.9 Å². The summed E-state index contributed by atoms with van der Waals surface area (Å²) in [5, 5.41) is 19.7. The van der Waals surface area contributed by atoms with E-state index in [1.165, 1.54) is 12.1 Å². The Hall–Kier alpha value is -3.45. The minimum Gasteiger partial charge on any atom is -0.457 e. The van der Waals surface area contributed by atoms with Crippen molar-refractivity contribution in [3.8, 4) is 23.6 Å². The van der Waals surface area contributed by atoms with E-state index in [-0.39, 0.29) is 22.8 Å². The van der Waals surface area contributed by atoms with Crippen molar-refractivity contribution in [2.75, 3.05) is 5.32 Å². The van der Waals surface area contributed by atoms with Gasteiger partial charge < -0.3 is 10.1 Å². The molecule has 0 aliphatic rings. The van der Waals surface area contributed by atoms with Crippen LogP contribution in [-0.4, -0.2) is 0 Å². The molecule has 0 aromatic heterocycles. The molecule has 0 fully saturated rings. The number of nitrogens with zero attached hydrogens (tertiary/aromatic N) is 2. The number of alkyl halides is 3. The van der Waals surface area contributed by atoms with Gasteiger partial charge in [-0.1, -0.05) is 18.2 Å². The normalized spacial score (nSPS) is 10.2. The maximum atomic E-state index is 13.2. The van der Waals surface area contributed by atoms with Gasteiger partial charge in [0.05, 0.1) is 0 Å². The van der Waals surface area contributed by atoms with Gasteiger partial charge in [-0.25, -0.2) is 0 Å². The topological polar surface area (TPSA) is 68.8 Å². The van der Waals surface area contributed by atoms with Gasteiger partial charge in [0.2, 0.25) is 0 Å². The van der Waals surface area contributed by atoms with E-state index < -0.39 is 11.7 Å². The molecule has 0 amide bonds. The van der Waals surface area contributed by atoms with E-state index in [9.17, 15) is 13.2 Å². The molecule has 0 radical (unpaired) electrons. The van der Waals surface area contributed by atoms with Crippen LogP contribution in [-0.2, 0) is 6.18 Å².